The summed E-state index contributed by atoms with van der Waals surface area (Å²) in [7, 11) is 0. The number of hydrogen-bond donors (Lipinski definition) is 0. The van der Waals surface area contributed by atoms with Crippen molar-refractivity contribution in [1.82, 2.24) is 4.90 Å². The molecule has 0 aromatic heterocycles. The molecule has 0 bridgehead atoms. The molecule has 1 unspecified atom stereocenters. The number of nitrogens with zero attached hydrogens (tertiary/aromatic N) is 1. The van der Waals surface area contributed by atoms with Crippen LogP contribution in [0, 0.1) is 0 Å². The van der Waals surface area contributed by atoms with E-state index < -0.39 is 23.6 Å². The Bertz CT molecular complexity index is 1930. The molecule has 0 fully saturated rings. The minimum Gasteiger partial charge on any atom is -0.489 e. The predicted molar refractivity (Wildman–Crippen MR) is 205 cm³/mol. The van der Waals surface area contributed by atoms with Crippen molar-refractivity contribution in [3.8, 4) is 11.5 Å². The second-order valence-electron chi connectivity index (χ2n) is 13.6. The molecule has 1 atom stereocenters. The topological polar surface area (TPSA) is 91.4 Å². The highest BCUT2D eigenvalue weighted by Gasteiger charge is 2.30. The predicted octanol–water partition coefficient (Wildman–Crippen LogP) is 8.72. The van der Waals surface area contributed by atoms with E-state index in [9.17, 15) is 14.4 Å². The monoisotopic (exact) mass is 713 g/mol. The highest BCUT2D eigenvalue weighted by Crippen LogP contribution is 2.32. The summed E-state index contributed by atoms with van der Waals surface area (Å²) in [4.78, 5) is 40.4. The quantitative estimate of drug-likeness (QED) is 0.0658. The van der Waals surface area contributed by atoms with Crippen LogP contribution < -0.4 is 9.47 Å². The van der Waals surface area contributed by atoms with Gasteiger partial charge in [0, 0.05) is 37.1 Å². The van der Waals surface area contributed by atoms with Crippen LogP contribution in [0.2, 0.25) is 0 Å². The van der Waals surface area contributed by atoms with Crippen molar-refractivity contribution in [3.63, 3.8) is 0 Å². The number of carbonyl (C=O) groups excluding carboxylic acids is 3. The molecular formula is C45H47NO7. The average Bonchev–Trinajstić information content (AvgIpc) is 3.16. The molecule has 5 rings (SSSR count). The number of ketones is 1. The number of carbonyl (C=O) groups is 3. The van der Waals surface area contributed by atoms with E-state index in [4.69, 9.17) is 18.9 Å². The molecule has 274 valence electrons. The number of Topliss-reactive ketones (excluding diaryl/α,β-unsaturated/α-hetero) is 1. The number of ether oxygens (including phenoxy) is 4. The van der Waals surface area contributed by atoms with Crippen molar-refractivity contribution in [2.75, 3.05) is 13.2 Å². The molecule has 8 heteroatoms. The maximum atomic E-state index is 14.2. The van der Waals surface area contributed by atoms with Crippen LogP contribution in [0.3, 0.4) is 0 Å². The molecule has 53 heavy (non-hydrogen) atoms. The van der Waals surface area contributed by atoms with Crippen LogP contribution in [0.4, 0.5) is 0 Å². The third-order valence-electron chi connectivity index (χ3n) is 8.88. The molecule has 0 saturated heterocycles. The Morgan fingerprint density at radius 2 is 1.21 bits per heavy atom. The van der Waals surface area contributed by atoms with Crippen molar-refractivity contribution in [2.45, 2.75) is 65.5 Å². The van der Waals surface area contributed by atoms with Crippen molar-refractivity contribution in [3.05, 3.63) is 167 Å². The first-order valence-electron chi connectivity index (χ1n) is 17.7. The zero-order valence-corrected chi connectivity index (χ0v) is 30.8. The fourth-order valence-electron chi connectivity index (χ4n) is 6.03. The number of hydrogen-bond acceptors (Lipinski definition) is 8. The first-order chi connectivity index (χ1) is 25.6. The Hall–Kier alpha value is -5.73. The molecule has 8 nitrogen and oxygen atoms in total. The summed E-state index contributed by atoms with van der Waals surface area (Å²) in [5.41, 5.74) is 4.66. The highest BCUT2D eigenvalue weighted by molar-refractivity contribution is 5.98. The van der Waals surface area contributed by atoms with E-state index in [1.165, 1.54) is 13.8 Å². The van der Waals surface area contributed by atoms with E-state index in [0.29, 0.717) is 36.4 Å². The average molecular weight is 714 g/mol. The van der Waals surface area contributed by atoms with E-state index in [0.717, 1.165) is 28.0 Å². The SMILES string of the molecule is CC(=O)OCC(OC(C)=O)c1cc(C(=O)CN(Cc2ccccc2)C(C)(C)Cc2ccc(OCc3ccccc3)cc2)ccc1OCc1ccccc1. The molecule has 0 spiro atoms. The minimum atomic E-state index is -0.980. The lowest BCUT2D eigenvalue weighted by Gasteiger charge is -2.39. The minimum absolute atomic E-state index is 0.117. The second kappa shape index (κ2) is 18.7. The van der Waals surface area contributed by atoms with E-state index in [1.54, 1.807) is 18.2 Å². The van der Waals surface area contributed by atoms with Crippen LogP contribution in [0.15, 0.2) is 133 Å². The van der Waals surface area contributed by atoms with E-state index in [1.807, 2.05) is 91.0 Å². The Morgan fingerprint density at radius 1 is 0.642 bits per heavy atom. The van der Waals surface area contributed by atoms with Gasteiger partial charge in [-0.15, -0.1) is 0 Å². The largest absolute Gasteiger partial charge is 0.489 e. The third-order valence-corrected chi connectivity index (χ3v) is 8.88. The van der Waals surface area contributed by atoms with Crippen LogP contribution >= 0.6 is 0 Å². The van der Waals surface area contributed by atoms with E-state index >= 15 is 0 Å². The van der Waals surface area contributed by atoms with Gasteiger partial charge in [-0.25, -0.2) is 0 Å². The fourth-order valence-corrected chi connectivity index (χ4v) is 6.03. The molecule has 0 N–H and O–H groups in total. The molecule has 0 amide bonds. The summed E-state index contributed by atoms with van der Waals surface area (Å²) in [6.45, 7) is 8.04. The maximum Gasteiger partial charge on any atom is 0.303 e. The fraction of sp³-hybridized carbons (Fsp3) is 0.267. The van der Waals surface area contributed by atoms with Gasteiger partial charge < -0.3 is 18.9 Å². The standard InChI is InChI=1S/C45H47NO7/c1-33(47)50-32-44(53-34(2)48)41-26-39(22-25-43(41)52-31-38-18-12-7-13-19-38)42(49)29-46(28-36-14-8-5-9-15-36)45(3,4)27-35-20-23-40(24-21-35)51-30-37-16-10-6-11-17-37/h5-26,44H,27-32H2,1-4H3. The Balaban J connectivity index is 1.38. The molecule has 0 saturated carbocycles. The van der Waals surface area contributed by atoms with Gasteiger partial charge in [-0.05, 0) is 72.9 Å². The maximum absolute atomic E-state index is 14.2. The summed E-state index contributed by atoms with van der Waals surface area (Å²) in [5.74, 6) is 0.0123. The lowest BCUT2D eigenvalue weighted by Crippen LogP contribution is -2.47. The molecule has 5 aromatic rings. The molecule has 0 radical (unpaired) electrons. The van der Waals surface area contributed by atoms with Crippen molar-refractivity contribution in [2.24, 2.45) is 0 Å². The van der Waals surface area contributed by atoms with Gasteiger partial charge in [-0.2, -0.15) is 0 Å². The van der Waals surface area contributed by atoms with Gasteiger partial charge in [0.05, 0.1) is 6.54 Å². The summed E-state index contributed by atoms with van der Waals surface area (Å²) >= 11 is 0. The van der Waals surface area contributed by atoms with Crippen molar-refractivity contribution >= 4 is 17.7 Å². The molecule has 0 aliphatic carbocycles. The molecule has 0 heterocycles. The van der Waals surface area contributed by atoms with Gasteiger partial charge in [-0.3, -0.25) is 19.3 Å². The van der Waals surface area contributed by atoms with Gasteiger partial charge >= 0.3 is 11.9 Å². The zero-order valence-electron chi connectivity index (χ0n) is 30.8. The smallest absolute Gasteiger partial charge is 0.303 e. The molecule has 0 aliphatic heterocycles. The van der Waals surface area contributed by atoms with Gasteiger partial charge in [-0.1, -0.05) is 103 Å². The van der Waals surface area contributed by atoms with Gasteiger partial charge in [0.2, 0.25) is 0 Å². The number of esters is 2. The summed E-state index contributed by atoms with van der Waals surface area (Å²) < 4.78 is 23.1. The molecule has 0 aliphatic rings. The van der Waals surface area contributed by atoms with Gasteiger partial charge in [0.15, 0.2) is 11.9 Å². The Morgan fingerprint density at radius 3 is 1.77 bits per heavy atom. The first kappa shape index (κ1) is 38.5. The summed E-state index contributed by atoms with van der Waals surface area (Å²) in [6, 6.07) is 43.0. The second-order valence-corrected chi connectivity index (χ2v) is 13.6. The summed E-state index contributed by atoms with van der Waals surface area (Å²) in [6.07, 6.45) is -0.299. The molecular weight excluding hydrogens is 666 g/mol. The lowest BCUT2D eigenvalue weighted by molar-refractivity contribution is -0.156. The number of rotatable bonds is 18. The van der Waals surface area contributed by atoms with Gasteiger partial charge in [0.25, 0.3) is 0 Å². The van der Waals surface area contributed by atoms with Crippen LogP contribution in [-0.4, -0.2) is 41.3 Å². The van der Waals surface area contributed by atoms with E-state index in [-0.39, 0.29) is 25.5 Å². The summed E-state index contributed by atoms with van der Waals surface area (Å²) in [5, 5.41) is 0. The molecule has 5 aromatic carbocycles. The lowest BCUT2D eigenvalue weighted by atomic mass is 9.91. The first-order valence-corrected chi connectivity index (χ1v) is 17.7. The Kier molecular flexibility index (Phi) is 13.6. The number of benzene rings is 5. The highest BCUT2D eigenvalue weighted by atomic mass is 16.6. The van der Waals surface area contributed by atoms with Crippen LogP contribution in [0.1, 0.15) is 72.0 Å². The van der Waals surface area contributed by atoms with Crippen LogP contribution in [0.5, 0.6) is 11.5 Å². The van der Waals surface area contributed by atoms with Crippen molar-refractivity contribution < 1.29 is 33.3 Å². The Labute approximate surface area is 312 Å². The van der Waals surface area contributed by atoms with Gasteiger partial charge in [0.1, 0.15) is 31.3 Å². The third kappa shape index (κ3) is 11.9. The van der Waals surface area contributed by atoms with E-state index in [2.05, 4.69) is 43.0 Å². The van der Waals surface area contributed by atoms with Crippen molar-refractivity contribution in [1.29, 1.82) is 0 Å². The van der Waals surface area contributed by atoms with Crippen LogP contribution in [0.25, 0.3) is 0 Å². The normalized spacial score (nSPS) is 11.8. The zero-order chi connectivity index (χ0) is 37.6. The van der Waals surface area contributed by atoms with Crippen LogP contribution in [-0.2, 0) is 45.2 Å².